The average molecular weight is 288 g/mol. The smallest absolute Gasteiger partial charge is 0.119 e. The highest BCUT2D eigenvalue weighted by Gasteiger charge is 2.04. The fourth-order valence-corrected chi connectivity index (χ4v) is 2.70. The van der Waals surface area contributed by atoms with Crippen molar-refractivity contribution >= 4 is 10.9 Å². The van der Waals surface area contributed by atoms with E-state index in [1.807, 2.05) is 6.07 Å². The Labute approximate surface area is 128 Å². The molecule has 1 heterocycles. The number of hydrogen-bond donors (Lipinski definition) is 2. The lowest BCUT2D eigenvalue weighted by Crippen LogP contribution is -2.17. The maximum atomic E-state index is 5.31. The lowest BCUT2D eigenvalue weighted by molar-refractivity contribution is 0.415. The quantitative estimate of drug-likeness (QED) is 0.640. The van der Waals surface area contributed by atoms with Gasteiger partial charge in [0.2, 0.25) is 0 Å². The third-order valence-electron chi connectivity index (χ3n) is 3.98. The summed E-state index contributed by atoms with van der Waals surface area (Å²) in [5.41, 5.74) is 2.58. The molecular formula is C18H28N2O. The van der Waals surface area contributed by atoms with E-state index in [-0.39, 0.29) is 0 Å². The van der Waals surface area contributed by atoms with Crippen molar-refractivity contribution in [3.05, 3.63) is 30.0 Å². The highest BCUT2D eigenvalue weighted by Crippen LogP contribution is 2.24. The maximum absolute atomic E-state index is 5.31. The highest BCUT2D eigenvalue weighted by atomic mass is 16.5. The average Bonchev–Trinajstić information content (AvgIpc) is 2.92. The molecule has 1 aromatic carbocycles. The lowest BCUT2D eigenvalue weighted by Gasteiger charge is -2.05. The SMILES string of the molecule is CCCCCCNCCCc1c[nH]c2ccc(OC)cc12. The zero-order valence-corrected chi connectivity index (χ0v) is 13.4. The first-order chi connectivity index (χ1) is 10.3. The number of H-pyrrole nitrogens is 1. The van der Waals surface area contributed by atoms with Crippen LogP contribution in [0.4, 0.5) is 0 Å². The molecule has 0 spiro atoms. The van der Waals surface area contributed by atoms with Gasteiger partial charge in [-0.15, -0.1) is 0 Å². The summed E-state index contributed by atoms with van der Waals surface area (Å²) in [6.07, 6.45) is 9.74. The minimum Gasteiger partial charge on any atom is -0.497 e. The molecule has 2 aromatic rings. The predicted molar refractivity (Wildman–Crippen MR) is 90.2 cm³/mol. The van der Waals surface area contributed by atoms with Crippen LogP contribution in [0, 0.1) is 0 Å². The van der Waals surface area contributed by atoms with Crippen LogP contribution < -0.4 is 10.1 Å². The van der Waals surface area contributed by atoms with Gasteiger partial charge >= 0.3 is 0 Å². The number of aromatic nitrogens is 1. The van der Waals surface area contributed by atoms with Gasteiger partial charge < -0.3 is 15.0 Å². The molecule has 0 fully saturated rings. The number of aryl methyl sites for hydroxylation is 1. The summed E-state index contributed by atoms with van der Waals surface area (Å²) in [6, 6.07) is 6.21. The molecule has 0 aliphatic rings. The first-order valence-corrected chi connectivity index (χ1v) is 8.20. The maximum Gasteiger partial charge on any atom is 0.119 e. The molecule has 0 saturated carbocycles. The molecule has 0 amide bonds. The normalized spacial score (nSPS) is 11.1. The van der Waals surface area contributed by atoms with Gasteiger partial charge in [0.05, 0.1) is 7.11 Å². The molecule has 0 radical (unpaired) electrons. The Hall–Kier alpha value is -1.48. The van der Waals surface area contributed by atoms with Gasteiger partial charge in [-0.2, -0.15) is 0 Å². The van der Waals surface area contributed by atoms with Gasteiger partial charge in [-0.05, 0) is 56.1 Å². The van der Waals surface area contributed by atoms with Crippen molar-refractivity contribution in [2.24, 2.45) is 0 Å². The van der Waals surface area contributed by atoms with E-state index in [0.717, 1.165) is 25.3 Å². The molecular weight excluding hydrogens is 260 g/mol. The van der Waals surface area contributed by atoms with E-state index in [1.54, 1.807) is 7.11 Å². The van der Waals surface area contributed by atoms with Gasteiger partial charge in [-0.25, -0.2) is 0 Å². The van der Waals surface area contributed by atoms with Gasteiger partial charge in [0.15, 0.2) is 0 Å². The van der Waals surface area contributed by atoms with Crippen molar-refractivity contribution in [2.45, 2.75) is 45.4 Å². The fourth-order valence-electron chi connectivity index (χ4n) is 2.70. The Morgan fingerprint density at radius 2 is 1.95 bits per heavy atom. The molecule has 0 aliphatic carbocycles. The number of nitrogens with one attached hydrogen (secondary N) is 2. The van der Waals surface area contributed by atoms with E-state index in [0.29, 0.717) is 0 Å². The molecule has 0 atom stereocenters. The van der Waals surface area contributed by atoms with Crippen molar-refractivity contribution in [3.8, 4) is 5.75 Å². The van der Waals surface area contributed by atoms with Crippen molar-refractivity contribution in [1.82, 2.24) is 10.3 Å². The molecule has 0 unspecified atom stereocenters. The first-order valence-electron chi connectivity index (χ1n) is 8.20. The van der Waals surface area contributed by atoms with Crippen LogP contribution in [0.5, 0.6) is 5.75 Å². The van der Waals surface area contributed by atoms with E-state index in [1.165, 1.54) is 48.6 Å². The number of fused-ring (bicyclic) bond motifs is 1. The Morgan fingerprint density at radius 1 is 1.10 bits per heavy atom. The number of methoxy groups -OCH3 is 1. The molecule has 116 valence electrons. The predicted octanol–water partition coefficient (Wildman–Crippen LogP) is 4.28. The number of benzene rings is 1. The van der Waals surface area contributed by atoms with Gasteiger partial charge in [0, 0.05) is 17.1 Å². The molecule has 1 aromatic heterocycles. The second kappa shape index (κ2) is 8.73. The molecule has 3 heteroatoms. The van der Waals surface area contributed by atoms with Crippen molar-refractivity contribution in [2.75, 3.05) is 20.2 Å². The van der Waals surface area contributed by atoms with Crippen LogP contribution in [0.2, 0.25) is 0 Å². The molecule has 0 aliphatic heterocycles. The van der Waals surface area contributed by atoms with Crippen molar-refractivity contribution < 1.29 is 4.74 Å². The standard InChI is InChI=1S/C18H28N2O/c1-3-4-5-6-11-19-12-7-8-15-14-20-18-10-9-16(21-2)13-17(15)18/h9-10,13-14,19-20H,3-8,11-12H2,1-2H3. The number of aromatic amines is 1. The Bertz CT molecular complexity index is 533. The summed E-state index contributed by atoms with van der Waals surface area (Å²) in [4.78, 5) is 3.34. The van der Waals surface area contributed by atoms with Crippen LogP contribution in [-0.2, 0) is 6.42 Å². The lowest BCUT2D eigenvalue weighted by atomic mass is 10.1. The molecule has 2 N–H and O–H groups in total. The third-order valence-corrected chi connectivity index (χ3v) is 3.98. The molecule has 0 bridgehead atoms. The first kappa shape index (κ1) is 15.9. The Morgan fingerprint density at radius 3 is 2.76 bits per heavy atom. The summed E-state index contributed by atoms with van der Waals surface area (Å²) in [7, 11) is 1.72. The topological polar surface area (TPSA) is 37.0 Å². The molecule has 21 heavy (non-hydrogen) atoms. The van der Waals surface area contributed by atoms with Crippen LogP contribution in [-0.4, -0.2) is 25.2 Å². The van der Waals surface area contributed by atoms with Crippen LogP contribution in [0.15, 0.2) is 24.4 Å². The van der Waals surface area contributed by atoms with E-state index < -0.39 is 0 Å². The number of ether oxygens (including phenoxy) is 1. The highest BCUT2D eigenvalue weighted by molar-refractivity contribution is 5.84. The van der Waals surface area contributed by atoms with Gasteiger partial charge in [-0.1, -0.05) is 26.2 Å². The van der Waals surface area contributed by atoms with Gasteiger partial charge in [-0.3, -0.25) is 0 Å². The van der Waals surface area contributed by atoms with Gasteiger partial charge in [0.1, 0.15) is 5.75 Å². The second-order valence-corrected chi connectivity index (χ2v) is 5.64. The zero-order chi connectivity index (χ0) is 14.9. The summed E-state index contributed by atoms with van der Waals surface area (Å²) in [6.45, 7) is 4.51. The summed E-state index contributed by atoms with van der Waals surface area (Å²) < 4.78 is 5.31. The summed E-state index contributed by atoms with van der Waals surface area (Å²) >= 11 is 0. The minimum absolute atomic E-state index is 0.928. The fraction of sp³-hybridized carbons (Fsp3) is 0.556. The van der Waals surface area contributed by atoms with E-state index in [4.69, 9.17) is 4.74 Å². The molecule has 2 rings (SSSR count). The summed E-state index contributed by atoms with van der Waals surface area (Å²) in [5.74, 6) is 0.928. The minimum atomic E-state index is 0.928. The monoisotopic (exact) mass is 288 g/mol. The number of hydrogen-bond acceptors (Lipinski definition) is 2. The zero-order valence-electron chi connectivity index (χ0n) is 13.4. The third kappa shape index (κ3) is 4.78. The molecule has 3 nitrogen and oxygen atoms in total. The van der Waals surface area contributed by atoms with E-state index >= 15 is 0 Å². The number of rotatable bonds is 10. The van der Waals surface area contributed by atoms with Crippen molar-refractivity contribution in [3.63, 3.8) is 0 Å². The number of unbranched alkanes of at least 4 members (excludes halogenated alkanes) is 3. The largest absolute Gasteiger partial charge is 0.497 e. The van der Waals surface area contributed by atoms with Crippen LogP contribution in [0.1, 0.15) is 44.6 Å². The summed E-state index contributed by atoms with van der Waals surface area (Å²) in [5, 5.41) is 4.83. The van der Waals surface area contributed by atoms with Gasteiger partial charge in [0.25, 0.3) is 0 Å². The van der Waals surface area contributed by atoms with Crippen LogP contribution in [0.25, 0.3) is 10.9 Å². The Kier molecular flexibility index (Phi) is 6.61. The van der Waals surface area contributed by atoms with Crippen LogP contribution in [0.3, 0.4) is 0 Å². The molecule has 0 saturated heterocycles. The Balaban J connectivity index is 1.73. The van der Waals surface area contributed by atoms with Crippen LogP contribution >= 0.6 is 0 Å². The van der Waals surface area contributed by atoms with E-state index in [9.17, 15) is 0 Å². The van der Waals surface area contributed by atoms with Crippen molar-refractivity contribution in [1.29, 1.82) is 0 Å². The second-order valence-electron chi connectivity index (χ2n) is 5.64. The van der Waals surface area contributed by atoms with E-state index in [2.05, 4.69) is 35.6 Å².